The molecular weight excluding hydrogens is 368 g/mol. The summed E-state index contributed by atoms with van der Waals surface area (Å²) in [6, 6.07) is 9.64. The molecule has 1 aliphatic carbocycles. The Kier molecular flexibility index (Phi) is 4.76. The number of hydrogen-bond acceptors (Lipinski definition) is 3. The number of rotatable bonds is 4. The molecule has 4 rings (SSSR count). The summed E-state index contributed by atoms with van der Waals surface area (Å²) < 4.78 is 0. The maximum atomic E-state index is 13.1. The van der Waals surface area contributed by atoms with Crippen LogP contribution in [-0.4, -0.2) is 35.8 Å². The van der Waals surface area contributed by atoms with Gasteiger partial charge >= 0.3 is 0 Å². The van der Waals surface area contributed by atoms with Crippen molar-refractivity contribution in [2.75, 3.05) is 13.1 Å². The smallest absolute Gasteiger partial charge is 0.252 e. The zero-order chi connectivity index (χ0) is 18.1. The molecule has 1 aliphatic heterocycles. The molecule has 1 N–H and O–H groups in total. The molecule has 2 aliphatic rings. The maximum absolute atomic E-state index is 13.1. The molecule has 0 bridgehead atoms. The number of hydrogen-bond donors (Lipinski definition) is 1. The quantitative estimate of drug-likeness (QED) is 0.864. The van der Waals surface area contributed by atoms with Crippen LogP contribution >= 0.6 is 22.9 Å². The number of carbonyl (C=O) groups is 2. The summed E-state index contributed by atoms with van der Waals surface area (Å²) in [7, 11) is 0. The van der Waals surface area contributed by atoms with E-state index in [0.717, 1.165) is 31.2 Å². The van der Waals surface area contributed by atoms with Gasteiger partial charge in [-0.1, -0.05) is 23.7 Å². The van der Waals surface area contributed by atoms with Crippen LogP contribution in [0, 0.1) is 0 Å². The third-order valence-electron chi connectivity index (χ3n) is 5.44. The molecule has 2 aromatic rings. The van der Waals surface area contributed by atoms with Crippen LogP contribution < -0.4 is 5.32 Å². The first-order valence-electron chi connectivity index (χ1n) is 8.97. The lowest BCUT2D eigenvalue weighted by atomic mass is 9.93. The number of nitrogens with zero attached hydrogens (tertiary/aromatic N) is 1. The van der Waals surface area contributed by atoms with Crippen LogP contribution in [0.25, 0.3) is 0 Å². The van der Waals surface area contributed by atoms with Gasteiger partial charge in [-0.15, -0.1) is 0 Å². The fourth-order valence-electron chi connectivity index (χ4n) is 3.73. The Morgan fingerprint density at radius 2 is 1.96 bits per heavy atom. The molecule has 26 heavy (non-hydrogen) atoms. The van der Waals surface area contributed by atoms with Crippen molar-refractivity contribution in [1.29, 1.82) is 0 Å². The normalized spacial score (nSPS) is 19.2. The topological polar surface area (TPSA) is 49.4 Å². The molecule has 136 valence electrons. The highest BCUT2D eigenvalue weighted by Gasteiger charge is 2.53. The first-order valence-corrected chi connectivity index (χ1v) is 10.3. The van der Waals surface area contributed by atoms with E-state index in [2.05, 4.69) is 5.32 Å². The molecule has 1 saturated heterocycles. The van der Waals surface area contributed by atoms with Crippen LogP contribution in [0.3, 0.4) is 0 Å². The van der Waals surface area contributed by atoms with Gasteiger partial charge in [0, 0.05) is 35.1 Å². The van der Waals surface area contributed by atoms with Crippen LogP contribution in [0.15, 0.2) is 41.1 Å². The van der Waals surface area contributed by atoms with Crippen molar-refractivity contribution >= 4 is 34.8 Å². The number of piperidine rings is 1. The Morgan fingerprint density at radius 1 is 1.19 bits per heavy atom. The lowest BCUT2D eigenvalue weighted by molar-refractivity contribution is -0.135. The van der Waals surface area contributed by atoms with Gasteiger partial charge in [0.2, 0.25) is 5.91 Å². The van der Waals surface area contributed by atoms with Gasteiger partial charge in [0.15, 0.2) is 0 Å². The maximum Gasteiger partial charge on any atom is 0.252 e. The number of nitrogens with one attached hydrogen (secondary N) is 1. The summed E-state index contributed by atoms with van der Waals surface area (Å²) in [5, 5.41) is 7.52. The van der Waals surface area contributed by atoms with E-state index in [-0.39, 0.29) is 23.3 Å². The number of carbonyl (C=O) groups excluding carboxylic acids is 2. The van der Waals surface area contributed by atoms with E-state index in [9.17, 15) is 9.59 Å². The van der Waals surface area contributed by atoms with Crippen molar-refractivity contribution in [3.63, 3.8) is 0 Å². The summed E-state index contributed by atoms with van der Waals surface area (Å²) in [5.74, 6) is 0.191. The number of thiophene rings is 1. The van der Waals surface area contributed by atoms with Gasteiger partial charge in [0.1, 0.15) is 0 Å². The van der Waals surface area contributed by atoms with E-state index in [1.54, 1.807) is 0 Å². The number of likely N-dealkylation sites (tertiary alicyclic amines) is 1. The van der Waals surface area contributed by atoms with Crippen LogP contribution in [0.4, 0.5) is 0 Å². The molecule has 0 atom stereocenters. The molecule has 2 heterocycles. The van der Waals surface area contributed by atoms with E-state index in [4.69, 9.17) is 11.6 Å². The van der Waals surface area contributed by atoms with Crippen molar-refractivity contribution < 1.29 is 9.59 Å². The fourth-order valence-corrected chi connectivity index (χ4v) is 4.56. The van der Waals surface area contributed by atoms with Crippen LogP contribution in [0.5, 0.6) is 0 Å². The lowest BCUT2D eigenvalue weighted by Gasteiger charge is -2.35. The summed E-state index contributed by atoms with van der Waals surface area (Å²) in [6.07, 6.45) is 3.38. The van der Waals surface area contributed by atoms with Crippen LogP contribution in [0.2, 0.25) is 5.02 Å². The zero-order valence-corrected chi connectivity index (χ0v) is 16.0. The Hall–Kier alpha value is -1.85. The summed E-state index contributed by atoms with van der Waals surface area (Å²) in [5.41, 5.74) is 1.37. The minimum absolute atomic E-state index is 0.0198. The van der Waals surface area contributed by atoms with Gasteiger partial charge in [-0.05, 0) is 54.8 Å². The Labute approximate surface area is 162 Å². The van der Waals surface area contributed by atoms with Crippen LogP contribution in [-0.2, 0) is 10.2 Å². The second-order valence-corrected chi connectivity index (χ2v) is 8.36. The van der Waals surface area contributed by atoms with Gasteiger partial charge in [-0.2, -0.15) is 11.3 Å². The van der Waals surface area contributed by atoms with Gasteiger partial charge in [0.05, 0.1) is 5.41 Å². The Bertz CT molecular complexity index is 809. The lowest BCUT2D eigenvalue weighted by Crippen LogP contribution is -2.49. The van der Waals surface area contributed by atoms with E-state index in [1.807, 2.05) is 46.0 Å². The van der Waals surface area contributed by atoms with Crippen molar-refractivity contribution in [1.82, 2.24) is 10.2 Å². The van der Waals surface area contributed by atoms with Crippen molar-refractivity contribution in [2.45, 2.75) is 37.1 Å². The molecule has 4 nitrogen and oxygen atoms in total. The monoisotopic (exact) mass is 388 g/mol. The highest BCUT2D eigenvalue weighted by Crippen LogP contribution is 2.50. The second-order valence-electron chi connectivity index (χ2n) is 7.14. The second kappa shape index (κ2) is 7.05. The average molecular weight is 389 g/mol. The molecule has 1 aromatic heterocycles. The highest BCUT2D eigenvalue weighted by molar-refractivity contribution is 7.08. The van der Waals surface area contributed by atoms with Crippen LogP contribution in [0.1, 0.15) is 41.6 Å². The summed E-state index contributed by atoms with van der Waals surface area (Å²) in [6.45, 7) is 1.38. The van der Waals surface area contributed by atoms with Gasteiger partial charge in [0.25, 0.3) is 5.91 Å². The Balaban J connectivity index is 1.36. The molecule has 6 heteroatoms. The standard InChI is InChI=1S/C20H21ClN2O2S/c21-16-3-1-2-15(12-16)20(7-8-20)19(25)23-9-4-17(5-10-23)22-18(24)14-6-11-26-13-14/h1-3,6,11-13,17H,4-5,7-10H2,(H,22,24). The third kappa shape index (κ3) is 3.38. The zero-order valence-electron chi connectivity index (χ0n) is 14.4. The SMILES string of the molecule is O=C(NC1CCN(C(=O)C2(c3cccc(Cl)c3)CC2)CC1)c1ccsc1. The van der Waals surface area contributed by atoms with Gasteiger partial charge < -0.3 is 10.2 Å². The van der Waals surface area contributed by atoms with Gasteiger partial charge in [-0.3, -0.25) is 9.59 Å². The largest absolute Gasteiger partial charge is 0.349 e. The van der Waals surface area contributed by atoms with E-state index in [0.29, 0.717) is 23.7 Å². The molecule has 1 aromatic carbocycles. The predicted octanol–water partition coefficient (Wildman–Crippen LogP) is 3.85. The number of halogens is 1. The van der Waals surface area contributed by atoms with E-state index >= 15 is 0 Å². The average Bonchev–Trinajstić information content (AvgIpc) is 3.28. The third-order valence-corrected chi connectivity index (χ3v) is 6.36. The molecule has 1 saturated carbocycles. The molecule has 0 radical (unpaired) electrons. The van der Waals surface area contributed by atoms with Gasteiger partial charge in [-0.25, -0.2) is 0 Å². The minimum atomic E-state index is -0.377. The molecular formula is C20H21ClN2O2S. The fraction of sp³-hybridized carbons (Fsp3) is 0.400. The summed E-state index contributed by atoms with van der Waals surface area (Å²) in [4.78, 5) is 27.2. The van der Waals surface area contributed by atoms with Crippen molar-refractivity contribution in [3.8, 4) is 0 Å². The summed E-state index contributed by atoms with van der Waals surface area (Å²) >= 11 is 7.63. The predicted molar refractivity (Wildman–Crippen MR) is 104 cm³/mol. The first kappa shape index (κ1) is 17.6. The molecule has 2 amide bonds. The number of benzene rings is 1. The van der Waals surface area contributed by atoms with E-state index in [1.165, 1.54) is 11.3 Å². The first-order chi connectivity index (χ1) is 12.6. The Morgan fingerprint density at radius 3 is 2.58 bits per heavy atom. The molecule has 2 fully saturated rings. The number of amides is 2. The van der Waals surface area contributed by atoms with Crippen molar-refractivity contribution in [3.05, 3.63) is 57.2 Å². The highest BCUT2D eigenvalue weighted by atomic mass is 35.5. The molecule has 0 spiro atoms. The molecule has 0 unspecified atom stereocenters. The minimum Gasteiger partial charge on any atom is -0.349 e. The van der Waals surface area contributed by atoms with Crippen molar-refractivity contribution in [2.24, 2.45) is 0 Å². The van der Waals surface area contributed by atoms with E-state index < -0.39 is 0 Å².